The maximum absolute atomic E-state index is 15.2. The highest BCUT2D eigenvalue weighted by molar-refractivity contribution is 7.14. The quantitative estimate of drug-likeness (QED) is 0.0217. The molecule has 0 unspecified atom stereocenters. The van der Waals surface area contributed by atoms with Gasteiger partial charge in [0.1, 0.15) is 40.7 Å². The molecule has 504 valence electrons. The number of thiophene rings is 2. The van der Waals surface area contributed by atoms with Crippen LogP contribution in [0.3, 0.4) is 0 Å². The lowest BCUT2D eigenvalue weighted by Crippen LogP contribution is -2.29. The first-order valence-electron chi connectivity index (χ1n) is 37.0. The van der Waals surface area contributed by atoms with E-state index in [1.54, 1.807) is 11.3 Å². The Morgan fingerprint density at radius 3 is 1.16 bits per heavy atom. The molecule has 12 rings (SSSR count). The minimum absolute atomic E-state index is 0.0887. The highest BCUT2D eigenvalue weighted by atomic mass is 32.1. The molecule has 3 aliphatic carbocycles. The molecule has 0 saturated heterocycles. The minimum Gasteiger partial charge on any atom is -0.494 e. The van der Waals surface area contributed by atoms with Crippen molar-refractivity contribution in [3.63, 3.8) is 0 Å². The Kier molecular flexibility index (Phi) is 23.7. The number of Topliss-reactive ketones (excluding diaryl/α,β-unsaturated/α-hetero) is 1. The van der Waals surface area contributed by atoms with E-state index in [2.05, 4.69) is 167 Å². The molecule has 2 heterocycles. The normalized spacial score (nSPS) is 14.0. The van der Waals surface area contributed by atoms with Gasteiger partial charge in [0.25, 0.3) is 0 Å². The third-order valence-corrected chi connectivity index (χ3v) is 22.8. The van der Waals surface area contributed by atoms with Crippen molar-refractivity contribution in [3.8, 4) is 57.4 Å². The van der Waals surface area contributed by atoms with Crippen LogP contribution in [0.4, 0.5) is 0 Å². The van der Waals surface area contributed by atoms with Gasteiger partial charge in [-0.1, -0.05) is 229 Å². The van der Waals surface area contributed by atoms with Crippen LogP contribution in [0.5, 0.6) is 23.0 Å². The number of nitrogens with zero attached hydrogens (tertiary/aromatic N) is 2. The molecule has 0 amide bonds. The summed E-state index contributed by atoms with van der Waals surface area (Å²) in [5, 5.41) is 25.5. The molecule has 9 aromatic rings. The van der Waals surface area contributed by atoms with Crippen LogP contribution in [0.15, 0.2) is 174 Å². The highest BCUT2D eigenvalue weighted by Crippen LogP contribution is 2.65. The molecule has 0 aliphatic heterocycles. The van der Waals surface area contributed by atoms with E-state index in [0.717, 1.165) is 134 Å². The average Bonchev–Trinajstić information content (AvgIpc) is 1.50. The number of fused-ring (bicyclic) bond motifs is 8. The van der Waals surface area contributed by atoms with Gasteiger partial charge in [0.15, 0.2) is 5.78 Å². The number of ether oxygens (including phenoxy) is 4. The lowest BCUT2D eigenvalue weighted by molar-refractivity contribution is 0.104. The van der Waals surface area contributed by atoms with Crippen LogP contribution in [0.1, 0.15) is 246 Å². The number of hydrogen-bond acceptors (Lipinski definition) is 9. The number of carbonyl (C=O) groups excluding carboxylic acids is 1. The number of carbonyl (C=O) groups is 1. The fourth-order valence-corrected chi connectivity index (χ4v) is 17.9. The summed E-state index contributed by atoms with van der Waals surface area (Å²) < 4.78 is 26.2. The highest BCUT2D eigenvalue weighted by Gasteiger charge is 2.53. The van der Waals surface area contributed by atoms with Crippen molar-refractivity contribution in [3.05, 3.63) is 233 Å². The van der Waals surface area contributed by atoms with Crippen molar-refractivity contribution in [2.45, 2.75) is 193 Å². The number of ketones is 1. The molecule has 0 bridgehead atoms. The Morgan fingerprint density at radius 1 is 0.398 bits per heavy atom. The molecular formula is C89H96N2O5S2. The summed E-state index contributed by atoms with van der Waals surface area (Å²) in [5.41, 5.74) is 11.5. The van der Waals surface area contributed by atoms with Crippen molar-refractivity contribution in [1.29, 1.82) is 10.5 Å². The largest absolute Gasteiger partial charge is 0.494 e. The summed E-state index contributed by atoms with van der Waals surface area (Å²) >= 11 is 3.49. The zero-order chi connectivity index (χ0) is 67.7. The predicted octanol–water partition coefficient (Wildman–Crippen LogP) is 24.7. The molecule has 0 spiro atoms. The number of benzene rings is 7. The van der Waals surface area contributed by atoms with Crippen LogP contribution in [-0.2, 0) is 10.8 Å². The van der Waals surface area contributed by atoms with Crippen LogP contribution < -0.4 is 18.9 Å². The topological polar surface area (TPSA) is 102 Å². The Balaban J connectivity index is 1.03. The third-order valence-electron chi connectivity index (χ3n) is 20.5. The lowest BCUT2D eigenvalue weighted by Gasteiger charge is -2.35. The number of rotatable bonds is 37. The number of hydrogen-bond donors (Lipinski definition) is 0. The van der Waals surface area contributed by atoms with Crippen molar-refractivity contribution < 1.29 is 23.7 Å². The standard InChI is InChI=1S/C89H96N2O5S2/c1-5-9-13-17-21-27-50-93-70-41-33-66(34-42-70)88(67-35-43-71(44-36-67)94-51-28-22-18-14-10-6-2)82-60-77-80-57-74(58-81-84(65(61-90)62-91)78-55-63-31-25-26-32-64(63)56-79(78)85(81)92)98-87(80)89(83(77)59-76(82)75-49-54-97-86(75)88,68-37-45-72(46-38-68)95-52-29-23-19-15-11-7-3)69-39-47-73(48-40-69)96-53-30-24-20-16-12-8-4/h25-26,31-49,54-60H,5-24,27-30,50-53H2,1-4H3/b81-58-. The van der Waals surface area contributed by atoms with Gasteiger partial charge in [-0.3, -0.25) is 4.79 Å². The molecule has 0 saturated carbocycles. The Hall–Kier alpha value is -8.47. The van der Waals surface area contributed by atoms with E-state index in [9.17, 15) is 10.5 Å². The molecule has 0 atom stereocenters. The van der Waals surface area contributed by atoms with Gasteiger partial charge < -0.3 is 18.9 Å². The number of unbranched alkanes of at least 4 members (excludes halogenated alkanes) is 20. The summed E-state index contributed by atoms with van der Waals surface area (Å²) in [5.74, 6) is 3.20. The van der Waals surface area contributed by atoms with E-state index in [1.807, 2.05) is 53.8 Å². The van der Waals surface area contributed by atoms with Crippen molar-refractivity contribution >= 4 is 50.9 Å². The zero-order valence-electron chi connectivity index (χ0n) is 58.2. The van der Waals surface area contributed by atoms with E-state index in [1.165, 1.54) is 124 Å². The van der Waals surface area contributed by atoms with E-state index < -0.39 is 10.8 Å². The SMILES string of the molecule is CCCCCCCCOc1ccc(C2(c3ccc(OCCCCCCCC)cc3)c3cc4c(cc3-c3ccsc32)C(c2ccc(OCCCCCCCC)cc2)(c2ccc(OCCCCCCCC)cc2)c2sc(/C=C3\C(=O)c5cc6ccccc6cc5C3=C(C#N)C#N)cc2-4)cc1. The summed E-state index contributed by atoms with van der Waals surface area (Å²) in [6.07, 6.45) is 30.6. The molecule has 0 fully saturated rings. The smallest absolute Gasteiger partial charge is 0.194 e. The zero-order valence-corrected chi connectivity index (χ0v) is 59.8. The van der Waals surface area contributed by atoms with Crippen molar-refractivity contribution in [2.24, 2.45) is 0 Å². The van der Waals surface area contributed by atoms with Gasteiger partial charge >= 0.3 is 0 Å². The summed E-state index contributed by atoms with van der Waals surface area (Å²) in [6, 6.07) is 61.4. The third kappa shape index (κ3) is 14.5. The summed E-state index contributed by atoms with van der Waals surface area (Å²) in [4.78, 5) is 18.4. The van der Waals surface area contributed by atoms with E-state index in [4.69, 9.17) is 18.9 Å². The Bertz CT molecular complexity index is 4180. The van der Waals surface area contributed by atoms with Crippen molar-refractivity contribution in [1.82, 2.24) is 0 Å². The second-order valence-electron chi connectivity index (χ2n) is 27.2. The van der Waals surface area contributed by atoms with Crippen LogP contribution in [0.25, 0.3) is 44.7 Å². The van der Waals surface area contributed by atoms with Gasteiger partial charge in [-0.05, 0) is 194 Å². The average molecular weight is 1340 g/mol. The van der Waals surface area contributed by atoms with E-state index in [-0.39, 0.29) is 11.4 Å². The fraction of sp³-hybridized carbons (Fsp3) is 0.382. The predicted molar refractivity (Wildman–Crippen MR) is 407 cm³/mol. The van der Waals surface area contributed by atoms with E-state index in [0.29, 0.717) is 48.7 Å². The molecule has 7 nitrogen and oxygen atoms in total. The van der Waals surface area contributed by atoms with Crippen molar-refractivity contribution in [2.75, 3.05) is 26.4 Å². The molecule has 0 radical (unpaired) electrons. The second-order valence-corrected chi connectivity index (χ2v) is 29.2. The molecule has 98 heavy (non-hydrogen) atoms. The second kappa shape index (κ2) is 33.4. The van der Waals surface area contributed by atoms with Gasteiger partial charge in [0.05, 0.1) is 37.3 Å². The maximum atomic E-state index is 15.2. The Labute approximate surface area is 591 Å². The first-order valence-corrected chi connectivity index (χ1v) is 38.7. The first-order chi connectivity index (χ1) is 48.3. The van der Waals surface area contributed by atoms with Gasteiger partial charge in [0, 0.05) is 31.3 Å². The molecular weight excluding hydrogens is 1240 g/mol. The summed E-state index contributed by atoms with van der Waals surface area (Å²) in [7, 11) is 0. The van der Waals surface area contributed by atoms with Crippen LogP contribution in [0.2, 0.25) is 0 Å². The molecule has 3 aliphatic rings. The van der Waals surface area contributed by atoms with Gasteiger partial charge in [-0.25, -0.2) is 0 Å². The lowest BCUT2D eigenvalue weighted by atomic mass is 9.68. The number of allylic oxidation sites excluding steroid dienone is 3. The van der Waals surface area contributed by atoms with Gasteiger partial charge in [-0.15, -0.1) is 22.7 Å². The van der Waals surface area contributed by atoms with Crippen LogP contribution in [0, 0.1) is 22.7 Å². The molecule has 9 heteroatoms. The molecule has 2 aromatic heterocycles. The first kappa shape index (κ1) is 69.4. The van der Waals surface area contributed by atoms with Crippen LogP contribution >= 0.6 is 22.7 Å². The fourth-order valence-electron chi connectivity index (χ4n) is 15.4. The summed E-state index contributed by atoms with van der Waals surface area (Å²) in [6.45, 7) is 11.7. The minimum atomic E-state index is -0.883. The molecule has 7 aromatic carbocycles. The van der Waals surface area contributed by atoms with E-state index >= 15 is 4.79 Å². The van der Waals surface area contributed by atoms with Gasteiger partial charge in [0.2, 0.25) is 0 Å². The van der Waals surface area contributed by atoms with Crippen LogP contribution in [-0.4, -0.2) is 32.2 Å². The molecule has 0 N–H and O–H groups in total. The monoisotopic (exact) mass is 1340 g/mol. The van der Waals surface area contributed by atoms with Gasteiger partial charge in [-0.2, -0.15) is 10.5 Å². The maximum Gasteiger partial charge on any atom is 0.194 e. The Morgan fingerprint density at radius 2 is 0.765 bits per heavy atom. The number of nitriles is 2.